The Morgan fingerprint density at radius 2 is 1.71 bits per heavy atom. The number of nitrogens with two attached hydrogens (primary N) is 1. The number of nitrogens with zero attached hydrogens (tertiary/aromatic N) is 1. The van der Waals surface area contributed by atoms with Gasteiger partial charge in [-0.25, -0.2) is 4.99 Å². The highest BCUT2D eigenvalue weighted by molar-refractivity contribution is 6.06. The Morgan fingerprint density at radius 3 is 2.21 bits per heavy atom. The van der Waals surface area contributed by atoms with Crippen LogP contribution in [0.15, 0.2) is 4.99 Å². The second-order valence-corrected chi connectivity index (χ2v) is 4.25. The topological polar surface area (TPSA) is 67.5 Å². The van der Waals surface area contributed by atoms with Gasteiger partial charge in [-0.15, -0.1) is 0 Å². The quantitative estimate of drug-likeness (QED) is 0.603. The molecule has 0 aromatic rings. The van der Waals surface area contributed by atoms with Gasteiger partial charge in [0.2, 0.25) is 0 Å². The van der Waals surface area contributed by atoms with Gasteiger partial charge in [0.25, 0.3) is 5.91 Å². The molecule has 4 nitrogen and oxygen atoms in total. The summed E-state index contributed by atoms with van der Waals surface area (Å²) in [6.07, 6.45) is 7.61. The molecule has 1 amide bonds. The van der Waals surface area contributed by atoms with Gasteiger partial charge in [0.1, 0.15) is 5.54 Å². The van der Waals surface area contributed by atoms with Gasteiger partial charge in [-0.05, 0) is 12.8 Å². The van der Waals surface area contributed by atoms with Crippen LogP contribution in [0, 0.1) is 0 Å². The van der Waals surface area contributed by atoms with Crippen molar-refractivity contribution in [2.45, 2.75) is 50.5 Å². The van der Waals surface area contributed by atoms with Crippen LogP contribution in [0.1, 0.15) is 44.9 Å². The van der Waals surface area contributed by atoms with E-state index in [0.29, 0.717) is 5.96 Å². The molecular formula is C10H17N3O. The van der Waals surface area contributed by atoms with Crippen molar-refractivity contribution in [1.29, 1.82) is 0 Å². The first kappa shape index (κ1) is 9.49. The molecule has 0 saturated heterocycles. The van der Waals surface area contributed by atoms with E-state index >= 15 is 0 Å². The molecule has 4 heteroatoms. The zero-order chi connectivity index (χ0) is 10.0. The highest BCUT2D eigenvalue weighted by Gasteiger charge is 2.42. The van der Waals surface area contributed by atoms with Gasteiger partial charge in [-0.2, -0.15) is 0 Å². The number of hydrogen-bond donors (Lipinski definition) is 2. The first-order valence-corrected chi connectivity index (χ1v) is 5.40. The number of nitrogens with one attached hydrogen (secondary N) is 1. The zero-order valence-electron chi connectivity index (χ0n) is 8.38. The summed E-state index contributed by atoms with van der Waals surface area (Å²) in [7, 11) is 0. The molecule has 0 unspecified atom stereocenters. The molecule has 1 fully saturated rings. The van der Waals surface area contributed by atoms with E-state index in [0.717, 1.165) is 25.7 Å². The van der Waals surface area contributed by atoms with Gasteiger partial charge in [-0.3, -0.25) is 10.1 Å². The molecule has 0 bridgehead atoms. The third-order valence-corrected chi connectivity index (χ3v) is 3.18. The molecule has 2 aliphatic rings. The normalized spacial score (nSPS) is 26.6. The van der Waals surface area contributed by atoms with E-state index in [1.54, 1.807) is 0 Å². The minimum atomic E-state index is -0.509. The fourth-order valence-electron chi connectivity index (χ4n) is 2.37. The van der Waals surface area contributed by atoms with E-state index in [2.05, 4.69) is 10.3 Å². The number of carbonyl (C=O) groups excluding carboxylic acids is 1. The van der Waals surface area contributed by atoms with Crippen LogP contribution in [0.4, 0.5) is 0 Å². The lowest BCUT2D eigenvalue weighted by Crippen LogP contribution is -2.41. The van der Waals surface area contributed by atoms with E-state index in [9.17, 15) is 4.79 Å². The Balaban J connectivity index is 2.15. The summed E-state index contributed by atoms with van der Waals surface area (Å²) in [6, 6.07) is 0. The molecule has 0 atom stereocenters. The fourth-order valence-corrected chi connectivity index (χ4v) is 2.37. The molecule has 0 aromatic carbocycles. The van der Waals surface area contributed by atoms with Gasteiger partial charge in [0.05, 0.1) is 0 Å². The molecule has 3 N–H and O–H groups in total. The van der Waals surface area contributed by atoms with Crippen LogP contribution in [0.25, 0.3) is 0 Å². The van der Waals surface area contributed by atoms with Crippen molar-refractivity contribution in [2.24, 2.45) is 10.7 Å². The summed E-state index contributed by atoms with van der Waals surface area (Å²) in [5.41, 5.74) is 5.03. The second kappa shape index (κ2) is 3.59. The van der Waals surface area contributed by atoms with Gasteiger partial charge in [0, 0.05) is 0 Å². The Hall–Kier alpha value is -1.06. The summed E-state index contributed by atoms with van der Waals surface area (Å²) in [6.45, 7) is 0. The maximum absolute atomic E-state index is 11.7. The number of guanidine groups is 1. The second-order valence-electron chi connectivity index (χ2n) is 4.25. The molecule has 1 spiro atoms. The number of rotatable bonds is 0. The molecule has 0 radical (unpaired) electrons. The van der Waals surface area contributed by atoms with Crippen molar-refractivity contribution in [2.75, 3.05) is 0 Å². The average Bonchev–Trinajstić information content (AvgIpc) is 2.36. The largest absolute Gasteiger partial charge is 0.370 e. The van der Waals surface area contributed by atoms with E-state index in [4.69, 9.17) is 5.73 Å². The highest BCUT2D eigenvalue weighted by atomic mass is 16.2. The van der Waals surface area contributed by atoms with Crippen molar-refractivity contribution in [1.82, 2.24) is 5.32 Å². The van der Waals surface area contributed by atoms with Gasteiger partial charge >= 0.3 is 0 Å². The molecular weight excluding hydrogens is 178 g/mol. The van der Waals surface area contributed by atoms with E-state index in [-0.39, 0.29) is 5.91 Å². The number of carbonyl (C=O) groups is 1. The summed E-state index contributed by atoms with van der Waals surface area (Å²) in [5, 5.41) is 2.61. The number of aliphatic imine (C=N–C) groups is 1. The summed E-state index contributed by atoms with van der Waals surface area (Å²) < 4.78 is 0. The lowest BCUT2D eigenvalue weighted by atomic mass is 9.84. The molecule has 1 saturated carbocycles. The van der Waals surface area contributed by atoms with Crippen molar-refractivity contribution in [3.8, 4) is 0 Å². The first-order valence-electron chi connectivity index (χ1n) is 5.40. The molecule has 14 heavy (non-hydrogen) atoms. The molecule has 78 valence electrons. The molecule has 0 aromatic heterocycles. The van der Waals surface area contributed by atoms with Gasteiger partial charge in [0.15, 0.2) is 5.96 Å². The van der Waals surface area contributed by atoms with E-state index < -0.39 is 5.54 Å². The standard InChI is InChI=1S/C10H17N3O/c11-9-12-8(14)10(13-9)6-4-2-1-3-5-7-10/h1-7H2,(H3,11,12,13,14). The molecule has 1 aliphatic carbocycles. The highest BCUT2D eigenvalue weighted by Crippen LogP contribution is 2.31. The van der Waals surface area contributed by atoms with Gasteiger partial charge < -0.3 is 5.73 Å². The van der Waals surface area contributed by atoms with Crippen LogP contribution in [0.3, 0.4) is 0 Å². The first-order chi connectivity index (χ1) is 6.73. The number of hydrogen-bond acceptors (Lipinski definition) is 3. The predicted octanol–water partition coefficient (Wildman–Crippen LogP) is 0.914. The Bertz CT molecular complexity index is 265. The van der Waals surface area contributed by atoms with E-state index in [1.807, 2.05) is 0 Å². The van der Waals surface area contributed by atoms with Crippen molar-refractivity contribution >= 4 is 11.9 Å². The third-order valence-electron chi connectivity index (χ3n) is 3.18. The van der Waals surface area contributed by atoms with Gasteiger partial charge in [-0.1, -0.05) is 32.1 Å². The van der Waals surface area contributed by atoms with Crippen LogP contribution in [-0.2, 0) is 4.79 Å². The number of amides is 1. The Labute approximate surface area is 84.0 Å². The monoisotopic (exact) mass is 195 g/mol. The van der Waals surface area contributed by atoms with Crippen LogP contribution >= 0.6 is 0 Å². The predicted molar refractivity (Wildman–Crippen MR) is 54.8 cm³/mol. The van der Waals surface area contributed by atoms with Crippen molar-refractivity contribution in [3.63, 3.8) is 0 Å². The minimum Gasteiger partial charge on any atom is -0.370 e. The Morgan fingerprint density at radius 1 is 1.14 bits per heavy atom. The van der Waals surface area contributed by atoms with Crippen molar-refractivity contribution in [3.05, 3.63) is 0 Å². The molecule has 2 rings (SSSR count). The molecule has 1 aliphatic heterocycles. The SMILES string of the molecule is NC1=NC2(CCCCCCC2)C(=O)N1. The minimum absolute atomic E-state index is 0.0110. The maximum atomic E-state index is 11.7. The summed E-state index contributed by atoms with van der Waals surface area (Å²) in [4.78, 5) is 16.0. The lowest BCUT2D eigenvalue weighted by molar-refractivity contribution is -0.124. The summed E-state index contributed by atoms with van der Waals surface area (Å²) in [5.74, 6) is 0.312. The van der Waals surface area contributed by atoms with Crippen LogP contribution in [-0.4, -0.2) is 17.4 Å². The maximum Gasteiger partial charge on any atom is 0.254 e. The Kier molecular flexibility index (Phi) is 2.44. The fraction of sp³-hybridized carbons (Fsp3) is 0.800. The smallest absolute Gasteiger partial charge is 0.254 e. The molecule has 1 heterocycles. The van der Waals surface area contributed by atoms with Crippen LogP contribution in [0.2, 0.25) is 0 Å². The van der Waals surface area contributed by atoms with Crippen molar-refractivity contribution < 1.29 is 4.79 Å². The summed E-state index contributed by atoms with van der Waals surface area (Å²) >= 11 is 0. The van der Waals surface area contributed by atoms with Crippen LogP contribution < -0.4 is 11.1 Å². The zero-order valence-corrected chi connectivity index (χ0v) is 8.38. The van der Waals surface area contributed by atoms with E-state index in [1.165, 1.54) is 19.3 Å². The average molecular weight is 195 g/mol. The van der Waals surface area contributed by atoms with Crippen LogP contribution in [0.5, 0.6) is 0 Å². The third kappa shape index (κ3) is 1.61. The lowest BCUT2D eigenvalue weighted by Gasteiger charge is -2.25.